The minimum absolute atomic E-state index is 0.597. The maximum Gasteiger partial charge on any atom is 0.0401 e. The van der Waals surface area contributed by atoms with Gasteiger partial charge in [-0.2, -0.15) is 0 Å². The van der Waals surface area contributed by atoms with Crippen molar-refractivity contribution in [3.63, 3.8) is 0 Å². The molecule has 1 aliphatic rings. The molecule has 15 heavy (non-hydrogen) atoms. The van der Waals surface area contributed by atoms with Gasteiger partial charge in [0.05, 0.1) is 0 Å². The highest BCUT2D eigenvalue weighted by Gasteiger charge is 2.19. The summed E-state index contributed by atoms with van der Waals surface area (Å²) in [6.45, 7) is 9.95. The lowest BCUT2D eigenvalue weighted by molar-refractivity contribution is 0.500. The number of nitrogens with one attached hydrogen (secondary N) is 1. The van der Waals surface area contributed by atoms with Crippen molar-refractivity contribution >= 4 is 5.69 Å². The van der Waals surface area contributed by atoms with E-state index in [4.69, 9.17) is 0 Å². The molecule has 1 N–H and O–H groups in total. The first-order valence-corrected chi connectivity index (χ1v) is 5.73. The Morgan fingerprint density at radius 2 is 2.13 bits per heavy atom. The first kappa shape index (κ1) is 10.5. The third-order valence-electron chi connectivity index (χ3n) is 3.18. The molecule has 0 aromatic heterocycles. The predicted molar refractivity (Wildman–Crippen MR) is 65.6 cm³/mol. The molecule has 1 atom stereocenters. The predicted octanol–water partition coefficient (Wildman–Crippen LogP) is 2.10. The number of rotatable bonds is 1. The van der Waals surface area contributed by atoms with E-state index < -0.39 is 0 Å². The van der Waals surface area contributed by atoms with E-state index in [0.29, 0.717) is 6.04 Å². The summed E-state index contributed by atoms with van der Waals surface area (Å²) >= 11 is 0. The summed E-state index contributed by atoms with van der Waals surface area (Å²) in [7, 11) is 0. The molecule has 0 amide bonds. The monoisotopic (exact) mass is 204 g/mol. The van der Waals surface area contributed by atoms with Gasteiger partial charge in [-0.1, -0.05) is 12.1 Å². The van der Waals surface area contributed by atoms with Gasteiger partial charge in [0, 0.05) is 31.4 Å². The van der Waals surface area contributed by atoms with Gasteiger partial charge in [-0.15, -0.1) is 0 Å². The third-order valence-corrected chi connectivity index (χ3v) is 3.18. The SMILES string of the molecule is Cc1ccc(C)c(N2CCNC[C@@H]2C)c1. The van der Waals surface area contributed by atoms with E-state index in [1.807, 2.05) is 0 Å². The van der Waals surface area contributed by atoms with Crippen LogP contribution < -0.4 is 10.2 Å². The van der Waals surface area contributed by atoms with Crippen molar-refractivity contribution in [2.24, 2.45) is 0 Å². The lowest BCUT2D eigenvalue weighted by atomic mass is 10.1. The zero-order valence-electron chi connectivity index (χ0n) is 9.88. The number of aryl methyl sites for hydroxylation is 2. The summed E-state index contributed by atoms with van der Waals surface area (Å²) in [5.74, 6) is 0. The molecule has 1 aliphatic heterocycles. The van der Waals surface area contributed by atoms with E-state index in [1.165, 1.54) is 16.8 Å². The fourth-order valence-electron chi connectivity index (χ4n) is 2.23. The largest absolute Gasteiger partial charge is 0.366 e. The number of hydrogen-bond donors (Lipinski definition) is 1. The van der Waals surface area contributed by atoms with Crippen LogP contribution in [0.1, 0.15) is 18.1 Å². The highest BCUT2D eigenvalue weighted by Crippen LogP contribution is 2.24. The number of anilines is 1. The Morgan fingerprint density at radius 3 is 2.87 bits per heavy atom. The van der Waals surface area contributed by atoms with Gasteiger partial charge >= 0.3 is 0 Å². The van der Waals surface area contributed by atoms with Gasteiger partial charge in [0.15, 0.2) is 0 Å². The number of piperazine rings is 1. The second-order valence-corrected chi connectivity index (χ2v) is 4.54. The Morgan fingerprint density at radius 1 is 1.33 bits per heavy atom. The van der Waals surface area contributed by atoms with Crippen LogP contribution in [0.15, 0.2) is 18.2 Å². The molecule has 2 heteroatoms. The van der Waals surface area contributed by atoms with Crippen molar-refractivity contribution < 1.29 is 0 Å². The Bertz CT molecular complexity index is 346. The van der Waals surface area contributed by atoms with Crippen molar-refractivity contribution in [2.75, 3.05) is 24.5 Å². The number of nitrogens with zero attached hydrogens (tertiary/aromatic N) is 1. The van der Waals surface area contributed by atoms with Crippen LogP contribution in [0, 0.1) is 13.8 Å². The maximum atomic E-state index is 3.43. The molecule has 0 bridgehead atoms. The highest BCUT2D eigenvalue weighted by molar-refractivity contribution is 5.56. The van der Waals surface area contributed by atoms with Gasteiger partial charge in [0.2, 0.25) is 0 Å². The quantitative estimate of drug-likeness (QED) is 0.753. The zero-order valence-corrected chi connectivity index (χ0v) is 9.88. The molecule has 1 aromatic rings. The van der Waals surface area contributed by atoms with Gasteiger partial charge in [0.25, 0.3) is 0 Å². The average Bonchev–Trinajstić information content (AvgIpc) is 2.23. The third kappa shape index (κ3) is 2.15. The molecule has 2 rings (SSSR count). The van der Waals surface area contributed by atoms with Gasteiger partial charge in [-0.25, -0.2) is 0 Å². The molecule has 0 unspecified atom stereocenters. The van der Waals surface area contributed by atoms with Gasteiger partial charge in [-0.05, 0) is 38.0 Å². The van der Waals surface area contributed by atoms with Crippen LogP contribution in [-0.2, 0) is 0 Å². The second-order valence-electron chi connectivity index (χ2n) is 4.54. The summed E-state index contributed by atoms with van der Waals surface area (Å²) in [5.41, 5.74) is 4.14. The molecule has 82 valence electrons. The Hall–Kier alpha value is -1.02. The molecular formula is C13H20N2. The molecule has 0 radical (unpaired) electrons. The minimum Gasteiger partial charge on any atom is -0.366 e. The van der Waals surface area contributed by atoms with Crippen molar-refractivity contribution in [1.29, 1.82) is 0 Å². The number of hydrogen-bond acceptors (Lipinski definition) is 2. The lowest BCUT2D eigenvalue weighted by Crippen LogP contribution is -2.50. The van der Waals surface area contributed by atoms with Crippen molar-refractivity contribution in [2.45, 2.75) is 26.8 Å². The summed E-state index contributed by atoms with van der Waals surface area (Å²) in [6.07, 6.45) is 0. The molecule has 1 saturated heterocycles. The Kier molecular flexibility index (Phi) is 2.96. The van der Waals surface area contributed by atoms with Crippen LogP contribution in [0.4, 0.5) is 5.69 Å². The van der Waals surface area contributed by atoms with Crippen LogP contribution in [0.3, 0.4) is 0 Å². The van der Waals surface area contributed by atoms with Gasteiger partial charge in [0.1, 0.15) is 0 Å². The molecule has 2 nitrogen and oxygen atoms in total. The fourth-order valence-corrected chi connectivity index (χ4v) is 2.23. The fraction of sp³-hybridized carbons (Fsp3) is 0.538. The maximum absolute atomic E-state index is 3.43. The molecular weight excluding hydrogens is 184 g/mol. The van der Waals surface area contributed by atoms with Crippen LogP contribution in [0.25, 0.3) is 0 Å². The Balaban J connectivity index is 2.30. The van der Waals surface area contributed by atoms with E-state index in [0.717, 1.165) is 19.6 Å². The normalized spacial score (nSPS) is 21.8. The smallest absolute Gasteiger partial charge is 0.0401 e. The van der Waals surface area contributed by atoms with Crippen molar-refractivity contribution in [3.05, 3.63) is 29.3 Å². The standard InChI is InChI=1S/C13H20N2/c1-10-4-5-11(2)13(8-10)15-7-6-14-9-12(15)3/h4-5,8,12,14H,6-7,9H2,1-3H3/t12-/m0/s1. The molecule has 0 aliphatic carbocycles. The van der Waals surface area contributed by atoms with Crippen LogP contribution in [0.5, 0.6) is 0 Å². The highest BCUT2D eigenvalue weighted by atomic mass is 15.2. The molecule has 1 heterocycles. The van der Waals surface area contributed by atoms with E-state index in [9.17, 15) is 0 Å². The summed E-state index contributed by atoms with van der Waals surface area (Å²) < 4.78 is 0. The van der Waals surface area contributed by atoms with E-state index >= 15 is 0 Å². The van der Waals surface area contributed by atoms with Crippen LogP contribution >= 0.6 is 0 Å². The van der Waals surface area contributed by atoms with Crippen LogP contribution in [-0.4, -0.2) is 25.7 Å². The first-order chi connectivity index (χ1) is 7.18. The molecule has 1 aromatic carbocycles. The summed E-state index contributed by atoms with van der Waals surface area (Å²) in [4.78, 5) is 2.51. The minimum atomic E-state index is 0.597. The second kappa shape index (κ2) is 4.23. The summed E-state index contributed by atoms with van der Waals surface area (Å²) in [6, 6.07) is 7.31. The Labute approximate surface area is 92.3 Å². The number of benzene rings is 1. The van der Waals surface area contributed by atoms with Crippen molar-refractivity contribution in [1.82, 2.24) is 5.32 Å². The lowest BCUT2D eigenvalue weighted by Gasteiger charge is -2.37. The van der Waals surface area contributed by atoms with E-state index in [2.05, 4.69) is 49.2 Å². The summed E-state index contributed by atoms with van der Waals surface area (Å²) in [5, 5.41) is 3.43. The van der Waals surface area contributed by atoms with E-state index in [1.54, 1.807) is 0 Å². The average molecular weight is 204 g/mol. The van der Waals surface area contributed by atoms with E-state index in [-0.39, 0.29) is 0 Å². The molecule has 1 fully saturated rings. The first-order valence-electron chi connectivity index (χ1n) is 5.73. The van der Waals surface area contributed by atoms with Crippen molar-refractivity contribution in [3.8, 4) is 0 Å². The zero-order chi connectivity index (χ0) is 10.8. The molecule has 0 saturated carbocycles. The van der Waals surface area contributed by atoms with Crippen LogP contribution in [0.2, 0.25) is 0 Å². The topological polar surface area (TPSA) is 15.3 Å². The molecule has 0 spiro atoms. The van der Waals surface area contributed by atoms with Gasteiger partial charge < -0.3 is 10.2 Å². The van der Waals surface area contributed by atoms with Gasteiger partial charge in [-0.3, -0.25) is 0 Å².